The number of benzene rings is 2. The van der Waals surface area contributed by atoms with E-state index < -0.39 is 41.8 Å². The number of piperazine rings is 1. The van der Waals surface area contributed by atoms with Gasteiger partial charge in [0.1, 0.15) is 6.04 Å². The average Bonchev–Trinajstić information content (AvgIpc) is 3.25. The van der Waals surface area contributed by atoms with E-state index in [1.807, 2.05) is 24.9 Å². The predicted molar refractivity (Wildman–Crippen MR) is 159 cm³/mol. The van der Waals surface area contributed by atoms with E-state index in [1.165, 1.54) is 14.2 Å². The third kappa shape index (κ3) is 3.76. The third-order valence-electron chi connectivity index (χ3n) is 10.3. The van der Waals surface area contributed by atoms with Crippen LogP contribution in [0.4, 0.5) is 0 Å². The zero-order chi connectivity index (χ0) is 32.1. The minimum atomic E-state index is -0.977. The number of rotatable bonds is 4. The third-order valence-corrected chi connectivity index (χ3v) is 10.3. The normalized spacial score (nSPS) is 27.6. The van der Waals surface area contributed by atoms with Crippen LogP contribution in [0.25, 0.3) is 0 Å². The van der Waals surface area contributed by atoms with Crippen LogP contribution in [0.1, 0.15) is 56.8 Å². The predicted octanol–water partition coefficient (Wildman–Crippen LogP) is 2.62. The lowest BCUT2D eigenvalue weighted by Crippen LogP contribution is -2.71. The van der Waals surface area contributed by atoms with Gasteiger partial charge in [0.25, 0.3) is 11.8 Å². The lowest BCUT2D eigenvalue weighted by molar-refractivity contribution is -0.123. The highest BCUT2D eigenvalue weighted by molar-refractivity contribution is 6.25. The topological polar surface area (TPSA) is 140 Å². The molecule has 5 aliphatic rings. The summed E-state index contributed by atoms with van der Waals surface area (Å²) in [7, 11) is 4.72. The largest absolute Gasteiger partial charge is 0.504 e. The Morgan fingerprint density at radius 3 is 2.24 bits per heavy atom. The number of Topliss-reactive ketones (excluding diaryl/α,β-unsaturated/α-hetero) is 2. The first-order valence-corrected chi connectivity index (χ1v) is 14.9. The van der Waals surface area contributed by atoms with E-state index in [1.54, 1.807) is 31.2 Å². The first kappa shape index (κ1) is 29.0. The molecule has 7 rings (SSSR count). The van der Waals surface area contributed by atoms with Crippen LogP contribution < -0.4 is 4.74 Å². The Labute approximate surface area is 259 Å². The molecule has 0 spiro atoms. The molecule has 2 aromatic rings. The molecule has 4 heterocycles. The average molecular weight is 609 g/mol. The molecule has 0 aromatic heterocycles. The number of allylic oxidation sites excluding steroid dienone is 2. The maximum atomic E-state index is 14.1. The Morgan fingerprint density at radius 1 is 0.978 bits per heavy atom. The van der Waals surface area contributed by atoms with Gasteiger partial charge in [-0.15, -0.1) is 0 Å². The summed E-state index contributed by atoms with van der Waals surface area (Å²) in [6.45, 7) is 3.16. The summed E-state index contributed by atoms with van der Waals surface area (Å²) in [5, 5.41) is 22.3. The van der Waals surface area contributed by atoms with Gasteiger partial charge >= 0.3 is 0 Å². The molecule has 1 aliphatic carbocycles. The second-order valence-electron chi connectivity index (χ2n) is 12.3. The molecule has 4 aliphatic heterocycles. The molecule has 1 N–H and O–H groups in total. The smallest absolute Gasteiger partial charge is 0.261 e. The molecule has 11 heteroatoms. The SMILES string of the molecule is COC1=C(C)C(=O)C2=C(C1=O)[C@H](CN1C(=O)c3ccccc3C1=O)N1C(C2)[C@H]2c3c(cc(C)c(OC)c3O)C[C@@H](C1C#N)N2C. The van der Waals surface area contributed by atoms with Crippen molar-refractivity contribution in [2.45, 2.75) is 56.9 Å². The van der Waals surface area contributed by atoms with Crippen molar-refractivity contribution in [1.29, 1.82) is 5.26 Å². The van der Waals surface area contributed by atoms with Crippen LogP contribution in [0.3, 0.4) is 0 Å². The second-order valence-corrected chi connectivity index (χ2v) is 12.3. The van der Waals surface area contributed by atoms with E-state index >= 15 is 0 Å². The van der Waals surface area contributed by atoms with Gasteiger partial charge in [-0.1, -0.05) is 18.2 Å². The quantitative estimate of drug-likeness (QED) is 0.407. The van der Waals surface area contributed by atoms with Crippen molar-refractivity contribution in [3.8, 4) is 17.6 Å². The van der Waals surface area contributed by atoms with Crippen LogP contribution in [0.2, 0.25) is 0 Å². The first-order valence-electron chi connectivity index (χ1n) is 14.9. The van der Waals surface area contributed by atoms with Crippen molar-refractivity contribution in [3.05, 3.63) is 80.6 Å². The summed E-state index contributed by atoms with van der Waals surface area (Å²) < 4.78 is 11.0. The van der Waals surface area contributed by atoms with Gasteiger partial charge in [0, 0.05) is 40.9 Å². The van der Waals surface area contributed by atoms with Crippen LogP contribution in [0.15, 0.2) is 52.8 Å². The number of hydrogen-bond donors (Lipinski definition) is 1. The number of phenols is 1. The maximum absolute atomic E-state index is 14.1. The number of phenolic OH excluding ortho intramolecular Hbond substituents is 1. The number of amides is 2. The first-order chi connectivity index (χ1) is 21.5. The van der Waals surface area contributed by atoms with Crippen LogP contribution in [0, 0.1) is 18.3 Å². The highest BCUT2D eigenvalue weighted by Crippen LogP contribution is 2.54. The molecule has 230 valence electrons. The number of nitrogens with zero attached hydrogens (tertiary/aromatic N) is 4. The number of likely N-dealkylation sites (N-methyl/N-ethyl adjacent to an activating group) is 1. The number of ketones is 2. The number of fused-ring (bicyclic) bond motifs is 7. The van der Waals surface area contributed by atoms with Crippen molar-refractivity contribution in [2.75, 3.05) is 27.8 Å². The molecule has 1 saturated heterocycles. The molecular formula is C34H32N4O7. The van der Waals surface area contributed by atoms with Crippen molar-refractivity contribution >= 4 is 23.4 Å². The minimum Gasteiger partial charge on any atom is -0.504 e. The van der Waals surface area contributed by atoms with E-state index in [0.29, 0.717) is 17.7 Å². The Balaban J connectivity index is 1.43. The van der Waals surface area contributed by atoms with E-state index in [9.17, 15) is 29.5 Å². The Morgan fingerprint density at radius 2 is 1.64 bits per heavy atom. The molecule has 2 amide bonds. The summed E-state index contributed by atoms with van der Waals surface area (Å²) in [5.74, 6) is -1.59. The standard InChI is InChI=1S/C34H32N4O7/c1-15-10-17-11-21-23(13-35)38-22(27(36(21)3)25(17)29(40)31(15)44-4)12-20-26(30(41)32(45-5)16(2)28(20)39)24(38)14-37-33(42)18-8-6-7-9-19(18)34(37)43/h6-10,21-24,27,40H,11-12,14H2,1-5H3/t21-,22?,23?,24-,27-/m0/s1. The zero-order valence-corrected chi connectivity index (χ0v) is 25.6. The van der Waals surface area contributed by atoms with Gasteiger partial charge in [0.15, 0.2) is 23.0 Å². The van der Waals surface area contributed by atoms with Gasteiger partial charge in [0.2, 0.25) is 5.78 Å². The number of aromatic hydroxyl groups is 1. The van der Waals surface area contributed by atoms with Crippen molar-refractivity contribution in [3.63, 3.8) is 0 Å². The van der Waals surface area contributed by atoms with Crippen molar-refractivity contribution in [1.82, 2.24) is 14.7 Å². The highest BCUT2D eigenvalue weighted by Gasteiger charge is 2.58. The summed E-state index contributed by atoms with van der Waals surface area (Å²) in [6.07, 6.45) is 0.546. The lowest BCUT2D eigenvalue weighted by atomic mass is 9.69. The van der Waals surface area contributed by atoms with Gasteiger partial charge < -0.3 is 14.6 Å². The highest BCUT2D eigenvalue weighted by atomic mass is 16.5. The van der Waals surface area contributed by atoms with Crippen LogP contribution in [0.5, 0.6) is 11.5 Å². The fraction of sp³-hybridized carbons (Fsp3) is 0.382. The molecule has 2 unspecified atom stereocenters. The molecular weight excluding hydrogens is 576 g/mol. The monoisotopic (exact) mass is 608 g/mol. The molecule has 45 heavy (non-hydrogen) atoms. The molecule has 0 radical (unpaired) electrons. The Hall–Kier alpha value is -4.79. The number of methoxy groups -OCH3 is 2. The van der Waals surface area contributed by atoms with Crippen molar-refractivity contribution in [2.24, 2.45) is 0 Å². The summed E-state index contributed by atoms with van der Waals surface area (Å²) in [4.78, 5) is 60.3. The molecule has 11 nitrogen and oxygen atoms in total. The molecule has 0 saturated carbocycles. The summed E-state index contributed by atoms with van der Waals surface area (Å²) >= 11 is 0. The summed E-state index contributed by atoms with van der Waals surface area (Å²) in [5.41, 5.74) is 3.41. The Bertz CT molecular complexity index is 1820. The van der Waals surface area contributed by atoms with Gasteiger partial charge in [-0.25, -0.2) is 0 Å². The van der Waals surface area contributed by atoms with Crippen LogP contribution in [-0.2, 0) is 20.7 Å². The number of nitriles is 1. The van der Waals surface area contributed by atoms with E-state index in [-0.39, 0.29) is 64.1 Å². The number of imide groups is 1. The molecule has 2 aromatic carbocycles. The zero-order valence-electron chi connectivity index (χ0n) is 25.6. The van der Waals surface area contributed by atoms with Gasteiger partial charge in [-0.2, -0.15) is 5.26 Å². The second kappa shape index (κ2) is 10.1. The fourth-order valence-corrected chi connectivity index (χ4v) is 8.37. The Kier molecular flexibility index (Phi) is 6.51. The fourth-order valence-electron chi connectivity index (χ4n) is 8.37. The van der Waals surface area contributed by atoms with Gasteiger partial charge in [-0.05, 0) is 57.0 Å². The summed E-state index contributed by atoms with van der Waals surface area (Å²) in [6, 6.07) is 7.81. The molecule has 2 bridgehead atoms. The molecule has 1 fully saturated rings. The van der Waals surface area contributed by atoms with Crippen LogP contribution in [-0.4, -0.2) is 95.2 Å². The minimum absolute atomic E-state index is 0.00127. The molecule has 5 atom stereocenters. The van der Waals surface area contributed by atoms with Gasteiger partial charge in [0.05, 0.1) is 43.5 Å². The maximum Gasteiger partial charge on any atom is 0.261 e. The lowest BCUT2D eigenvalue weighted by Gasteiger charge is -2.60. The number of aryl methyl sites for hydroxylation is 1. The number of hydrogen-bond acceptors (Lipinski definition) is 10. The van der Waals surface area contributed by atoms with Crippen molar-refractivity contribution < 1.29 is 33.8 Å². The van der Waals surface area contributed by atoms with Gasteiger partial charge in [-0.3, -0.25) is 33.9 Å². The van der Waals surface area contributed by atoms with E-state index in [4.69, 9.17) is 9.47 Å². The number of carbonyl (C=O) groups is 4. The van der Waals surface area contributed by atoms with E-state index in [0.717, 1.165) is 16.0 Å². The number of carbonyl (C=O) groups excluding carboxylic acids is 4. The van der Waals surface area contributed by atoms with Crippen LogP contribution >= 0.6 is 0 Å². The van der Waals surface area contributed by atoms with E-state index in [2.05, 4.69) is 11.0 Å². The number of ether oxygens (including phenoxy) is 2.